The van der Waals surface area contributed by atoms with Crippen molar-refractivity contribution in [3.8, 4) is 0 Å². The van der Waals surface area contributed by atoms with E-state index in [1.54, 1.807) is 25.1 Å². The van der Waals surface area contributed by atoms with Gasteiger partial charge in [-0.1, -0.05) is 22.9 Å². The standard InChI is InChI=1S/C16H14N4O4/c1-8-3-4-12-11(5-8)16(13(21)17-15(23)18-16)14(22)20(12)7-10-6-9(2)24-19-10/h3-6H,7H2,1-2H3,(H2,17,18,21,23). The maximum atomic E-state index is 13.1. The summed E-state index contributed by atoms with van der Waals surface area (Å²) in [7, 11) is 0. The van der Waals surface area contributed by atoms with Crippen molar-refractivity contribution in [1.29, 1.82) is 0 Å². The third-order valence-corrected chi connectivity index (χ3v) is 4.28. The minimum Gasteiger partial charge on any atom is -0.361 e. The number of carbonyl (C=O) groups excluding carboxylic acids is 3. The van der Waals surface area contributed by atoms with Gasteiger partial charge in [-0.2, -0.15) is 0 Å². The Labute approximate surface area is 136 Å². The molecule has 1 fully saturated rings. The monoisotopic (exact) mass is 326 g/mol. The average molecular weight is 326 g/mol. The fourth-order valence-corrected chi connectivity index (χ4v) is 3.22. The van der Waals surface area contributed by atoms with E-state index in [9.17, 15) is 14.4 Å². The Morgan fingerprint density at radius 3 is 2.62 bits per heavy atom. The minimum absolute atomic E-state index is 0.150. The lowest BCUT2D eigenvalue weighted by atomic mass is 9.90. The van der Waals surface area contributed by atoms with E-state index in [2.05, 4.69) is 15.8 Å². The number of hydrogen-bond acceptors (Lipinski definition) is 5. The fraction of sp³-hybridized carbons (Fsp3) is 0.250. The van der Waals surface area contributed by atoms with E-state index in [4.69, 9.17) is 4.52 Å². The van der Waals surface area contributed by atoms with Crippen LogP contribution in [0.2, 0.25) is 0 Å². The fourth-order valence-electron chi connectivity index (χ4n) is 3.22. The van der Waals surface area contributed by atoms with Crippen molar-refractivity contribution in [2.24, 2.45) is 0 Å². The maximum Gasteiger partial charge on any atom is 0.323 e. The molecule has 1 spiro atoms. The lowest BCUT2D eigenvalue weighted by Gasteiger charge is -2.20. The van der Waals surface area contributed by atoms with Crippen LogP contribution in [0.4, 0.5) is 10.5 Å². The lowest BCUT2D eigenvalue weighted by Crippen LogP contribution is -2.52. The summed E-state index contributed by atoms with van der Waals surface area (Å²) >= 11 is 0. The van der Waals surface area contributed by atoms with E-state index in [0.717, 1.165) is 5.56 Å². The number of aryl methyl sites for hydroxylation is 2. The molecule has 0 radical (unpaired) electrons. The van der Waals surface area contributed by atoms with Crippen molar-refractivity contribution in [2.75, 3.05) is 4.90 Å². The third kappa shape index (κ3) is 1.79. The van der Waals surface area contributed by atoms with Crippen molar-refractivity contribution in [2.45, 2.75) is 25.9 Å². The Kier molecular flexibility index (Phi) is 2.81. The molecule has 4 rings (SSSR count). The molecule has 1 aromatic carbocycles. The van der Waals surface area contributed by atoms with Gasteiger partial charge in [-0.05, 0) is 19.9 Å². The van der Waals surface area contributed by atoms with Crippen molar-refractivity contribution in [3.05, 3.63) is 46.8 Å². The molecule has 1 saturated heterocycles. The van der Waals surface area contributed by atoms with Crippen LogP contribution < -0.4 is 15.5 Å². The van der Waals surface area contributed by atoms with Gasteiger partial charge >= 0.3 is 6.03 Å². The number of aromatic nitrogens is 1. The number of rotatable bonds is 2. The van der Waals surface area contributed by atoms with Gasteiger partial charge in [0.1, 0.15) is 11.5 Å². The van der Waals surface area contributed by atoms with Gasteiger partial charge in [0.25, 0.3) is 11.8 Å². The molecule has 1 unspecified atom stereocenters. The molecule has 2 aromatic rings. The molecule has 8 nitrogen and oxygen atoms in total. The van der Waals surface area contributed by atoms with E-state index in [1.807, 2.05) is 13.0 Å². The number of urea groups is 1. The first kappa shape index (κ1) is 14.4. The highest BCUT2D eigenvalue weighted by atomic mass is 16.5. The summed E-state index contributed by atoms with van der Waals surface area (Å²) < 4.78 is 5.04. The summed E-state index contributed by atoms with van der Waals surface area (Å²) in [6, 6.07) is 6.40. The zero-order chi connectivity index (χ0) is 17.1. The van der Waals surface area contributed by atoms with Crippen LogP contribution in [0, 0.1) is 13.8 Å². The van der Waals surface area contributed by atoms with Crippen molar-refractivity contribution < 1.29 is 18.9 Å². The van der Waals surface area contributed by atoms with Gasteiger partial charge in [0.05, 0.1) is 12.2 Å². The van der Waals surface area contributed by atoms with Crippen LogP contribution in [0.1, 0.15) is 22.6 Å². The predicted molar refractivity (Wildman–Crippen MR) is 82.0 cm³/mol. The highest BCUT2D eigenvalue weighted by Crippen LogP contribution is 2.43. The Hall–Kier alpha value is -3.16. The highest BCUT2D eigenvalue weighted by molar-refractivity contribution is 6.27. The summed E-state index contributed by atoms with van der Waals surface area (Å²) in [5.74, 6) is -0.544. The van der Waals surface area contributed by atoms with Gasteiger partial charge in [0.2, 0.25) is 5.54 Å². The first-order valence-corrected chi connectivity index (χ1v) is 7.41. The highest BCUT2D eigenvalue weighted by Gasteiger charge is 2.61. The third-order valence-electron chi connectivity index (χ3n) is 4.28. The minimum atomic E-state index is -1.71. The van der Waals surface area contributed by atoms with Gasteiger partial charge in [0, 0.05) is 11.6 Å². The molecule has 2 aliphatic heterocycles. The molecule has 3 heterocycles. The molecule has 1 aromatic heterocycles. The summed E-state index contributed by atoms with van der Waals surface area (Å²) in [6.45, 7) is 3.76. The number of nitrogens with one attached hydrogen (secondary N) is 2. The van der Waals surface area contributed by atoms with E-state index >= 15 is 0 Å². The number of hydrogen-bond donors (Lipinski definition) is 2. The van der Waals surface area contributed by atoms with Gasteiger partial charge < -0.3 is 14.7 Å². The quantitative estimate of drug-likeness (QED) is 0.629. The zero-order valence-electron chi connectivity index (χ0n) is 13.0. The number of anilines is 1. The summed E-state index contributed by atoms with van der Waals surface area (Å²) in [5, 5.41) is 8.55. The smallest absolute Gasteiger partial charge is 0.323 e. The van der Waals surface area contributed by atoms with Crippen LogP contribution in [-0.4, -0.2) is 23.0 Å². The number of benzene rings is 1. The van der Waals surface area contributed by atoms with Crippen LogP contribution in [0.25, 0.3) is 0 Å². The van der Waals surface area contributed by atoms with Crippen LogP contribution in [0.3, 0.4) is 0 Å². The molecule has 1 atom stereocenters. The Morgan fingerprint density at radius 2 is 2.00 bits per heavy atom. The number of amides is 4. The SMILES string of the molecule is Cc1ccc2c(c1)C1(NC(=O)NC1=O)C(=O)N2Cc1cc(C)on1. The Balaban J connectivity index is 1.85. The Morgan fingerprint density at radius 1 is 1.21 bits per heavy atom. The van der Waals surface area contributed by atoms with E-state index in [0.29, 0.717) is 22.7 Å². The molecule has 8 heteroatoms. The van der Waals surface area contributed by atoms with Crippen molar-refractivity contribution in [1.82, 2.24) is 15.8 Å². The van der Waals surface area contributed by atoms with Gasteiger partial charge in [-0.25, -0.2) is 4.79 Å². The van der Waals surface area contributed by atoms with Gasteiger partial charge in [-0.3, -0.25) is 14.9 Å². The number of imide groups is 1. The first-order valence-electron chi connectivity index (χ1n) is 7.41. The molecule has 122 valence electrons. The number of fused-ring (bicyclic) bond motifs is 2. The molecule has 4 amide bonds. The van der Waals surface area contributed by atoms with E-state index < -0.39 is 23.4 Å². The second-order valence-corrected chi connectivity index (χ2v) is 6.00. The molecule has 0 saturated carbocycles. The lowest BCUT2D eigenvalue weighted by molar-refractivity contribution is -0.134. The Bertz CT molecular complexity index is 903. The maximum absolute atomic E-state index is 13.1. The molecule has 2 N–H and O–H groups in total. The van der Waals surface area contributed by atoms with E-state index in [-0.39, 0.29) is 6.54 Å². The summed E-state index contributed by atoms with van der Waals surface area (Å²) in [5.41, 5.74) is 0.778. The molecular formula is C16H14N4O4. The molecule has 2 aliphatic rings. The van der Waals surface area contributed by atoms with Crippen LogP contribution in [-0.2, 0) is 21.7 Å². The molecule has 0 bridgehead atoms. The number of carbonyl (C=O) groups is 3. The van der Waals surface area contributed by atoms with Gasteiger partial charge in [-0.15, -0.1) is 0 Å². The number of nitrogens with zero attached hydrogens (tertiary/aromatic N) is 2. The van der Waals surface area contributed by atoms with E-state index in [1.165, 1.54) is 4.90 Å². The summed E-state index contributed by atoms with van der Waals surface area (Å²) in [6.07, 6.45) is 0. The van der Waals surface area contributed by atoms with Crippen molar-refractivity contribution in [3.63, 3.8) is 0 Å². The van der Waals surface area contributed by atoms with Gasteiger partial charge in [0.15, 0.2) is 0 Å². The second kappa shape index (κ2) is 4.67. The van der Waals surface area contributed by atoms with Crippen LogP contribution in [0.15, 0.2) is 28.8 Å². The van der Waals surface area contributed by atoms with Crippen LogP contribution >= 0.6 is 0 Å². The first-order chi connectivity index (χ1) is 11.4. The largest absolute Gasteiger partial charge is 0.361 e. The predicted octanol–water partition coefficient (Wildman–Crippen LogP) is 0.873. The topological polar surface area (TPSA) is 105 Å². The average Bonchev–Trinajstić information content (AvgIpc) is 3.13. The van der Waals surface area contributed by atoms with Crippen LogP contribution in [0.5, 0.6) is 0 Å². The molecule has 24 heavy (non-hydrogen) atoms. The second-order valence-electron chi connectivity index (χ2n) is 6.00. The molecule has 0 aliphatic carbocycles. The summed E-state index contributed by atoms with van der Waals surface area (Å²) in [4.78, 5) is 38.6. The van der Waals surface area contributed by atoms with Crippen molar-refractivity contribution >= 4 is 23.5 Å². The normalized spacial score (nSPS) is 22.1. The molecular weight excluding hydrogens is 312 g/mol. The zero-order valence-corrected chi connectivity index (χ0v) is 13.0.